The third-order valence-corrected chi connectivity index (χ3v) is 9.12. The Morgan fingerprint density at radius 3 is 2.51 bits per heavy atom. The molecular formula is C33H23N3S. The van der Waals surface area contributed by atoms with E-state index in [1.54, 1.807) is 0 Å². The largest absolute Gasteiger partial charge is 0.292 e. The maximum atomic E-state index is 5.09. The number of benzene rings is 4. The summed E-state index contributed by atoms with van der Waals surface area (Å²) >= 11 is 1.88. The van der Waals surface area contributed by atoms with Gasteiger partial charge in [-0.2, -0.15) is 0 Å². The summed E-state index contributed by atoms with van der Waals surface area (Å²) in [6.07, 6.45) is 3.71. The molecule has 0 atom stereocenters. The summed E-state index contributed by atoms with van der Waals surface area (Å²) in [4.78, 5) is 9.47. The molecule has 0 fully saturated rings. The Balaban J connectivity index is 1.42. The van der Waals surface area contributed by atoms with Gasteiger partial charge in [0.1, 0.15) is 5.82 Å². The molecule has 0 amide bonds. The van der Waals surface area contributed by atoms with Crippen LogP contribution >= 0.6 is 11.3 Å². The number of aromatic nitrogens is 3. The fourth-order valence-electron chi connectivity index (χ4n) is 6.07. The summed E-state index contributed by atoms with van der Waals surface area (Å²) in [6, 6.07) is 33.0. The SMILES string of the molecule is CC1(C)c2cc(-c3cccc4c3sc3ccccc34)ccc2-n2c(-c3cccnc3)nc3cccc1c32. The smallest absolute Gasteiger partial charge is 0.147 e. The second-order valence-electron chi connectivity index (χ2n) is 10.3. The van der Waals surface area contributed by atoms with Crippen molar-refractivity contribution in [2.45, 2.75) is 19.3 Å². The molecule has 0 unspecified atom stereocenters. The highest BCUT2D eigenvalue weighted by molar-refractivity contribution is 7.26. The van der Waals surface area contributed by atoms with Gasteiger partial charge in [-0.1, -0.05) is 68.4 Å². The highest BCUT2D eigenvalue weighted by Crippen LogP contribution is 2.48. The van der Waals surface area contributed by atoms with Gasteiger partial charge in [-0.15, -0.1) is 11.3 Å². The van der Waals surface area contributed by atoms with Gasteiger partial charge < -0.3 is 0 Å². The van der Waals surface area contributed by atoms with E-state index in [1.807, 2.05) is 29.8 Å². The van der Waals surface area contributed by atoms with E-state index in [2.05, 4.69) is 108 Å². The third-order valence-electron chi connectivity index (χ3n) is 7.90. The Hall–Kier alpha value is -4.28. The standard InChI is InChI=1S/C33H23N3S/c1-33(2)25-12-6-13-27-30(25)36(32(35-27)21-8-7-17-34-19-21)28-16-15-20(18-26(28)33)22-10-5-11-24-23-9-3-4-14-29(23)37-31(22)24/h3-19H,1-2H3. The minimum Gasteiger partial charge on any atom is -0.292 e. The summed E-state index contributed by atoms with van der Waals surface area (Å²) in [7, 11) is 0. The third kappa shape index (κ3) is 2.82. The lowest BCUT2D eigenvalue weighted by Gasteiger charge is -2.35. The van der Waals surface area contributed by atoms with Crippen molar-refractivity contribution in [3.63, 3.8) is 0 Å². The van der Waals surface area contributed by atoms with Gasteiger partial charge in [0.05, 0.1) is 16.7 Å². The Labute approximate surface area is 218 Å². The van der Waals surface area contributed by atoms with Gasteiger partial charge in [-0.25, -0.2) is 4.98 Å². The van der Waals surface area contributed by atoms with E-state index in [9.17, 15) is 0 Å². The summed E-state index contributed by atoms with van der Waals surface area (Å²) in [5.41, 5.74) is 9.42. The maximum Gasteiger partial charge on any atom is 0.147 e. The van der Waals surface area contributed by atoms with Crippen LogP contribution < -0.4 is 0 Å². The molecule has 0 saturated carbocycles. The van der Waals surface area contributed by atoms with Crippen LogP contribution in [0, 0.1) is 0 Å². The molecule has 0 N–H and O–H groups in total. The topological polar surface area (TPSA) is 30.7 Å². The first-order valence-electron chi connectivity index (χ1n) is 12.6. The van der Waals surface area contributed by atoms with E-state index >= 15 is 0 Å². The zero-order valence-corrected chi connectivity index (χ0v) is 21.4. The van der Waals surface area contributed by atoms with Crippen molar-refractivity contribution in [3.8, 4) is 28.2 Å². The molecule has 176 valence electrons. The van der Waals surface area contributed by atoms with Gasteiger partial charge >= 0.3 is 0 Å². The highest BCUT2D eigenvalue weighted by Gasteiger charge is 2.36. The van der Waals surface area contributed by atoms with E-state index in [0.717, 1.165) is 16.9 Å². The second-order valence-corrected chi connectivity index (χ2v) is 11.4. The molecule has 7 aromatic rings. The molecule has 8 rings (SSSR count). The molecule has 3 nitrogen and oxygen atoms in total. The van der Waals surface area contributed by atoms with Crippen molar-refractivity contribution in [3.05, 3.63) is 115 Å². The van der Waals surface area contributed by atoms with Crippen molar-refractivity contribution in [2.24, 2.45) is 0 Å². The number of fused-ring (bicyclic) bond motifs is 5. The predicted molar refractivity (Wildman–Crippen MR) is 155 cm³/mol. The number of rotatable bonds is 2. The number of hydrogen-bond donors (Lipinski definition) is 0. The molecule has 4 aromatic carbocycles. The summed E-state index contributed by atoms with van der Waals surface area (Å²) in [6.45, 7) is 4.68. The van der Waals surface area contributed by atoms with Crippen molar-refractivity contribution in [1.29, 1.82) is 0 Å². The van der Waals surface area contributed by atoms with E-state index in [0.29, 0.717) is 0 Å². The zero-order chi connectivity index (χ0) is 24.7. The van der Waals surface area contributed by atoms with Crippen LogP contribution in [-0.2, 0) is 5.41 Å². The fraction of sp³-hybridized carbons (Fsp3) is 0.0909. The van der Waals surface area contributed by atoms with Crippen molar-refractivity contribution >= 4 is 42.5 Å². The first kappa shape index (κ1) is 20.9. The maximum absolute atomic E-state index is 5.09. The van der Waals surface area contributed by atoms with E-state index in [1.165, 1.54) is 53.6 Å². The molecule has 0 radical (unpaired) electrons. The van der Waals surface area contributed by atoms with E-state index < -0.39 is 0 Å². The van der Waals surface area contributed by atoms with Crippen molar-refractivity contribution in [2.75, 3.05) is 0 Å². The minimum absolute atomic E-state index is 0.166. The summed E-state index contributed by atoms with van der Waals surface area (Å²) in [5, 5.41) is 2.66. The average molecular weight is 494 g/mol. The second kappa shape index (κ2) is 7.37. The highest BCUT2D eigenvalue weighted by atomic mass is 32.1. The predicted octanol–water partition coefficient (Wildman–Crippen LogP) is 8.76. The number of thiophene rings is 1. The van der Waals surface area contributed by atoms with Gasteiger partial charge in [-0.05, 0) is 58.7 Å². The zero-order valence-electron chi connectivity index (χ0n) is 20.6. The van der Waals surface area contributed by atoms with Gasteiger partial charge in [0.2, 0.25) is 0 Å². The molecule has 0 bridgehead atoms. The lowest BCUT2D eigenvalue weighted by molar-refractivity contribution is 0.629. The minimum atomic E-state index is -0.166. The number of pyridine rings is 1. The van der Waals surface area contributed by atoms with Crippen molar-refractivity contribution < 1.29 is 0 Å². The monoisotopic (exact) mass is 493 g/mol. The van der Waals surface area contributed by atoms with Crippen LogP contribution in [0.15, 0.2) is 103 Å². The van der Waals surface area contributed by atoms with Gasteiger partial charge in [0.15, 0.2) is 0 Å². The normalized spacial score (nSPS) is 13.9. The van der Waals surface area contributed by atoms with Crippen LogP contribution in [0.5, 0.6) is 0 Å². The molecular weight excluding hydrogens is 470 g/mol. The molecule has 0 spiro atoms. The number of nitrogens with zero attached hydrogens (tertiary/aromatic N) is 3. The lowest BCUT2D eigenvalue weighted by atomic mass is 9.74. The Kier molecular flexibility index (Phi) is 4.16. The van der Waals surface area contributed by atoms with Crippen LogP contribution in [-0.4, -0.2) is 14.5 Å². The number of imidazole rings is 1. The molecule has 4 heterocycles. The quantitative estimate of drug-likeness (QED) is 0.241. The lowest BCUT2D eigenvalue weighted by Crippen LogP contribution is -2.26. The van der Waals surface area contributed by atoms with E-state index in [-0.39, 0.29) is 5.41 Å². The Bertz CT molecular complexity index is 2010. The molecule has 37 heavy (non-hydrogen) atoms. The van der Waals surface area contributed by atoms with Crippen LogP contribution in [0.1, 0.15) is 25.0 Å². The van der Waals surface area contributed by atoms with Gasteiger partial charge in [-0.3, -0.25) is 9.55 Å². The molecule has 0 aliphatic carbocycles. The molecule has 4 heteroatoms. The molecule has 3 aromatic heterocycles. The molecule has 1 aliphatic heterocycles. The number of hydrogen-bond acceptors (Lipinski definition) is 3. The average Bonchev–Trinajstić information content (AvgIpc) is 3.51. The van der Waals surface area contributed by atoms with Crippen LogP contribution in [0.3, 0.4) is 0 Å². The van der Waals surface area contributed by atoms with Gasteiger partial charge in [0.25, 0.3) is 0 Å². The molecule has 1 aliphatic rings. The van der Waals surface area contributed by atoms with Crippen LogP contribution in [0.4, 0.5) is 0 Å². The van der Waals surface area contributed by atoms with Gasteiger partial charge in [0, 0.05) is 43.5 Å². The Morgan fingerprint density at radius 1 is 0.757 bits per heavy atom. The Morgan fingerprint density at radius 2 is 1.62 bits per heavy atom. The first-order valence-corrected chi connectivity index (χ1v) is 13.4. The summed E-state index contributed by atoms with van der Waals surface area (Å²) in [5.74, 6) is 0.937. The van der Waals surface area contributed by atoms with Crippen molar-refractivity contribution in [1.82, 2.24) is 14.5 Å². The van der Waals surface area contributed by atoms with E-state index in [4.69, 9.17) is 4.98 Å². The summed E-state index contributed by atoms with van der Waals surface area (Å²) < 4.78 is 5.02. The van der Waals surface area contributed by atoms with Crippen LogP contribution in [0.2, 0.25) is 0 Å². The molecule has 0 saturated heterocycles. The number of para-hydroxylation sites is 1. The van der Waals surface area contributed by atoms with Crippen LogP contribution in [0.25, 0.3) is 59.4 Å². The fourth-order valence-corrected chi connectivity index (χ4v) is 7.31. The first-order chi connectivity index (χ1) is 18.1.